The minimum absolute atomic E-state index is 0.189. The molecule has 0 unspecified atom stereocenters. The van der Waals surface area contributed by atoms with Gasteiger partial charge in [-0.15, -0.1) is 0 Å². The second-order valence-electron chi connectivity index (χ2n) is 6.32. The number of anilines is 3. The summed E-state index contributed by atoms with van der Waals surface area (Å²) in [6.45, 7) is 0. The van der Waals surface area contributed by atoms with Crippen LogP contribution in [0.1, 0.15) is 21.0 Å². The quantitative estimate of drug-likeness (QED) is 0.398. The number of nitrogens with zero attached hydrogens (tertiary/aromatic N) is 1. The molecule has 2 amide bonds. The monoisotopic (exact) mass is 389 g/mol. The van der Waals surface area contributed by atoms with Crippen molar-refractivity contribution < 1.29 is 14.0 Å². The van der Waals surface area contributed by atoms with Crippen molar-refractivity contribution >= 4 is 39.9 Å². The van der Waals surface area contributed by atoms with Crippen molar-refractivity contribution in [2.75, 3.05) is 16.4 Å². The van der Waals surface area contributed by atoms with E-state index < -0.39 is 17.6 Å². The van der Waals surface area contributed by atoms with E-state index in [1.54, 1.807) is 30.3 Å². The first-order valence-corrected chi connectivity index (χ1v) is 8.72. The number of aromatic amines is 1. The van der Waals surface area contributed by atoms with Gasteiger partial charge < -0.3 is 21.4 Å². The van der Waals surface area contributed by atoms with Crippen molar-refractivity contribution in [2.24, 2.45) is 0 Å². The molecule has 0 radical (unpaired) electrons. The topological polar surface area (TPSA) is 113 Å². The summed E-state index contributed by atoms with van der Waals surface area (Å²) in [5, 5.41) is 5.28. The van der Waals surface area contributed by atoms with Gasteiger partial charge in [0.05, 0.1) is 22.4 Å². The van der Waals surface area contributed by atoms with Gasteiger partial charge in [-0.25, -0.2) is 9.37 Å². The third-order valence-electron chi connectivity index (χ3n) is 4.27. The minimum Gasteiger partial charge on any atom is -0.397 e. The summed E-state index contributed by atoms with van der Waals surface area (Å²) in [5.41, 5.74) is 8.48. The zero-order valence-corrected chi connectivity index (χ0v) is 15.1. The largest absolute Gasteiger partial charge is 0.397 e. The predicted octanol–water partition coefficient (Wildman–Crippen LogP) is 3.79. The number of H-pyrrole nitrogens is 1. The Labute approximate surface area is 164 Å². The molecule has 29 heavy (non-hydrogen) atoms. The van der Waals surface area contributed by atoms with Crippen LogP contribution in [0, 0.1) is 5.82 Å². The van der Waals surface area contributed by atoms with E-state index in [0.717, 1.165) is 11.6 Å². The van der Waals surface area contributed by atoms with Gasteiger partial charge in [0.2, 0.25) is 0 Å². The van der Waals surface area contributed by atoms with Crippen molar-refractivity contribution in [1.29, 1.82) is 0 Å². The fourth-order valence-electron chi connectivity index (χ4n) is 2.79. The van der Waals surface area contributed by atoms with Crippen LogP contribution < -0.4 is 16.4 Å². The molecule has 0 bridgehead atoms. The summed E-state index contributed by atoms with van der Waals surface area (Å²) in [6.07, 6.45) is 0. The number of hydrogen-bond donors (Lipinski definition) is 4. The first-order chi connectivity index (χ1) is 14.0. The first kappa shape index (κ1) is 18.2. The van der Waals surface area contributed by atoms with Crippen LogP contribution in [0.5, 0.6) is 0 Å². The number of nitrogens with two attached hydrogens (primary N) is 1. The zero-order valence-electron chi connectivity index (χ0n) is 15.1. The Hall–Kier alpha value is -4.20. The average Bonchev–Trinajstić information content (AvgIpc) is 3.16. The maximum atomic E-state index is 13.3. The van der Waals surface area contributed by atoms with Gasteiger partial charge in [-0.3, -0.25) is 9.59 Å². The number of para-hydroxylation sites is 2. The SMILES string of the molecule is Nc1ccc(F)cc1NC(=O)c1ccc(NC(=O)c2nc3ccccc3[nH]2)cc1. The van der Waals surface area contributed by atoms with Crippen molar-refractivity contribution in [2.45, 2.75) is 0 Å². The maximum absolute atomic E-state index is 13.3. The molecular weight excluding hydrogens is 373 g/mol. The van der Waals surface area contributed by atoms with Crippen LogP contribution in [0.15, 0.2) is 66.7 Å². The molecule has 0 aliphatic rings. The smallest absolute Gasteiger partial charge is 0.291 e. The Kier molecular flexibility index (Phi) is 4.66. The summed E-state index contributed by atoms with van der Waals surface area (Å²) in [7, 11) is 0. The van der Waals surface area contributed by atoms with Crippen LogP contribution in [0.4, 0.5) is 21.5 Å². The van der Waals surface area contributed by atoms with E-state index in [9.17, 15) is 14.0 Å². The lowest BCUT2D eigenvalue weighted by Crippen LogP contribution is -2.15. The lowest BCUT2D eigenvalue weighted by molar-refractivity contribution is 0.101. The van der Waals surface area contributed by atoms with Crippen LogP contribution in [-0.2, 0) is 0 Å². The number of fused-ring (bicyclic) bond motifs is 1. The molecule has 8 heteroatoms. The van der Waals surface area contributed by atoms with E-state index in [2.05, 4.69) is 20.6 Å². The third-order valence-corrected chi connectivity index (χ3v) is 4.27. The Morgan fingerprint density at radius 1 is 0.931 bits per heavy atom. The number of rotatable bonds is 4. The number of aromatic nitrogens is 2. The van der Waals surface area contributed by atoms with Crippen molar-refractivity contribution in [3.63, 3.8) is 0 Å². The molecule has 1 aromatic heterocycles. The number of halogens is 1. The van der Waals surface area contributed by atoms with E-state index in [1.807, 2.05) is 18.2 Å². The average molecular weight is 389 g/mol. The molecule has 4 rings (SSSR count). The van der Waals surface area contributed by atoms with E-state index in [4.69, 9.17) is 5.73 Å². The number of benzene rings is 3. The Bertz CT molecular complexity index is 1180. The highest BCUT2D eigenvalue weighted by molar-refractivity contribution is 6.07. The zero-order chi connectivity index (χ0) is 20.4. The van der Waals surface area contributed by atoms with Crippen LogP contribution in [0.2, 0.25) is 0 Å². The molecule has 3 aromatic carbocycles. The second-order valence-corrected chi connectivity index (χ2v) is 6.32. The van der Waals surface area contributed by atoms with E-state index in [-0.39, 0.29) is 17.2 Å². The molecule has 1 heterocycles. The Morgan fingerprint density at radius 3 is 2.45 bits per heavy atom. The van der Waals surface area contributed by atoms with Gasteiger partial charge in [-0.1, -0.05) is 12.1 Å². The van der Waals surface area contributed by atoms with Gasteiger partial charge in [-0.2, -0.15) is 0 Å². The lowest BCUT2D eigenvalue weighted by atomic mass is 10.1. The summed E-state index contributed by atoms with van der Waals surface area (Å²) < 4.78 is 13.3. The summed E-state index contributed by atoms with van der Waals surface area (Å²) >= 11 is 0. The van der Waals surface area contributed by atoms with Gasteiger partial charge in [-0.05, 0) is 54.6 Å². The van der Waals surface area contributed by atoms with Crippen molar-refractivity contribution in [3.05, 3.63) is 83.9 Å². The van der Waals surface area contributed by atoms with Gasteiger partial charge >= 0.3 is 0 Å². The number of imidazole rings is 1. The standard InChI is InChI=1S/C21H16FN5O2/c22-13-7-10-15(23)18(11-13)27-20(28)12-5-8-14(9-6-12)24-21(29)19-25-16-3-1-2-4-17(16)26-19/h1-11H,23H2,(H,24,29)(H,25,26)(H,27,28). The van der Waals surface area contributed by atoms with Crippen LogP contribution in [0.25, 0.3) is 11.0 Å². The summed E-state index contributed by atoms with van der Waals surface area (Å²) in [6, 6.07) is 17.3. The number of amides is 2. The number of carbonyl (C=O) groups excluding carboxylic acids is 2. The molecule has 0 aliphatic heterocycles. The van der Waals surface area contributed by atoms with Gasteiger partial charge in [0, 0.05) is 11.3 Å². The van der Waals surface area contributed by atoms with E-state index in [0.29, 0.717) is 16.8 Å². The summed E-state index contributed by atoms with van der Waals surface area (Å²) in [4.78, 5) is 31.9. The molecular formula is C21H16FN5O2. The normalized spacial score (nSPS) is 10.7. The van der Waals surface area contributed by atoms with E-state index in [1.165, 1.54) is 12.1 Å². The molecule has 0 saturated heterocycles. The van der Waals surface area contributed by atoms with Crippen LogP contribution in [-0.4, -0.2) is 21.8 Å². The second kappa shape index (κ2) is 7.43. The third kappa shape index (κ3) is 3.91. The summed E-state index contributed by atoms with van der Waals surface area (Å²) in [5.74, 6) is -1.16. The highest BCUT2D eigenvalue weighted by atomic mass is 19.1. The number of nitrogens with one attached hydrogen (secondary N) is 3. The number of hydrogen-bond acceptors (Lipinski definition) is 4. The molecule has 144 valence electrons. The molecule has 4 aromatic rings. The van der Waals surface area contributed by atoms with Crippen molar-refractivity contribution in [1.82, 2.24) is 9.97 Å². The maximum Gasteiger partial charge on any atom is 0.291 e. The molecule has 0 aliphatic carbocycles. The van der Waals surface area contributed by atoms with E-state index >= 15 is 0 Å². The molecule has 7 nitrogen and oxygen atoms in total. The lowest BCUT2D eigenvalue weighted by Gasteiger charge is -2.09. The molecule has 0 fully saturated rings. The first-order valence-electron chi connectivity index (χ1n) is 8.72. The van der Waals surface area contributed by atoms with Crippen LogP contribution >= 0.6 is 0 Å². The Balaban J connectivity index is 1.45. The van der Waals surface area contributed by atoms with Crippen molar-refractivity contribution in [3.8, 4) is 0 Å². The Morgan fingerprint density at radius 2 is 1.69 bits per heavy atom. The molecule has 0 atom stereocenters. The molecule has 5 N–H and O–H groups in total. The number of carbonyl (C=O) groups is 2. The molecule has 0 saturated carbocycles. The predicted molar refractivity (Wildman–Crippen MR) is 109 cm³/mol. The highest BCUT2D eigenvalue weighted by Gasteiger charge is 2.13. The van der Waals surface area contributed by atoms with Gasteiger partial charge in [0.1, 0.15) is 5.82 Å². The number of nitrogen functional groups attached to an aromatic ring is 1. The fraction of sp³-hybridized carbons (Fsp3) is 0. The fourth-order valence-corrected chi connectivity index (χ4v) is 2.79. The van der Waals surface area contributed by atoms with Gasteiger partial charge in [0.25, 0.3) is 11.8 Å². The highest BCUT2D eigenvalue weighted by Crippen LogP contribution is 2.20. The van der Waals surface area contributed by atoms with Crippen LogP contribution in [0.3, 0.4) is 0 Å². The minimum atomic E-state index is -0.502. The van der Waals surface area contributed by atoms with Gasteiger partial charge in [0.15, 0.2) is 5.82 Å². The molecule has 0 spiro atoms.